The van der Waals surface area contributed by atoms with Crippen LogP contribution in [0.2, 0.25) is 0 Å². The van der Waals surface area contributed by atoms with Crippen molar-refractivity contribution in [2.45, 2.75) is 6.61 Å². The van der Waals surface area contributed by atoms with Crippen LogP contribution < -0.4 is 29.2 Å². The van der Waals surface area contributed by atoms with Crippen molar-refractivity contribution < 1.29 is 47.3 Å². The normalized spacial score (nSPS) is 15.5. The third kappa shape index (κ3) is 4.62. The molecule has 0 saturated carbocycles. The molecule has 2 aromatic carbocycles. The molecule has 0 unspecified atom stereocenters. The molecule has 1 aromatic heterocycles. The highest BCUT2D eigenvalue weighted by Gasteiger charge is 2.37. The summed E-state index contributed by atoms with van der Waals surface area (Å²) in [6.45, 7) is 0.0292. The van der Waals surface area contributed by atoms with Gasteiger partial charge in [-0.15, -0.1) is 0 Å². The summed E-state index contributed by atoms with van der Waals surface area (Å²) in [4.78, 5) is 50.6. The first-order chi connectivity index (χ1) is 18.4. The van der Waals surface area contributed by atoms with Crippen LogP contribution in [0.25, 0.3) is 6.08 Å². The molecular formula is C26H20N2O10. The molecule has 3 aromatic rings. The second-order valence-corrected chi connectivity index (χ2v) is 7.95. The van der Waals surface area contributed by atoms with Gasteiger partial charge in [0.05, 0.1) is 19.9 Å². The third-order valence-electron chi connectivity index (χ3n) is 5.63. The molecule has 2 aliphatic heterocycles. The van der Waals surface area contributed by atoms with Crippen LogP contribution in [0.4, 0.5) is 10.5 Å². The van der Waals surface area contributed by atoms with Crippen molar-refractivity contribution in [3.05, 3.63) is 71.2 Å². The smallest absolute Gasteiger partial charge is 0.373 e. The summed E-state index contributed by atoms with van der Waals surface area (Å²) < 4.78 is 31.7. The second-order valence-electron chi connectivity index (χ2n) is 7.95. The molecule has 1 N–H and O–H groups in total. The number of rotatable bonds is 7. The lowest BCUT2D eigenvalue weighted by molar-refractivity contribution is -0.122. The molecule has 194 valence electrons. The fourth-order valence-electron chi connectivity index (χ4n) is 3.79. The molecular weight excluding hydrogens is 500 g/mol. The van der Waals surface area contributed by atoms with E-state index in [0.717, 1.165) is 4.90 Å². The average molecular weight is 520 g/mol. The molecule has 0 atom stereocenters. The maximum Gasteiger partial charge on any atom is 0.373 e. The van der Waals surface area contributed by atoms with Crippen LogP contribution in [0.15, 0.2) is 58.5 Å². The van der Waals surface area contributed by atoms with Crippen molar-refractivity contribution in [2.75, 3.05) is 25.9 Å². The van der Waals surface area contributed by atoms with E-state index in [1.165, 1.54) is 38.5 Å². The molecule has 0 bridgehead atoms. The summed E-state index contributed by atoms with van der Waals surface area (Å²) in [5, 5.41) is 2.18. The van der Waals surface area contributed by atoms with Gasteiger partial charge >= 0.3 is 12.0 Å². The van der Waals surface area contributed by atoms with Crippen LogP contribution in [0.3, 0.4) is 0 Å². The van der Waals surface area contributed by atoms with Gasteiger partial charge in [0.1, 0.15) is 17.9 Å². The number of amides is 4. The number of esters is 1. The minimum Gasteiger partial charge on any atom is -0.493 e. The molecule has 4 amide bonds. The van der Waals surface area contributed by atoms with E-state index in [-0.39, 0.29) is 30.4 Å². The summed E-state index contributed by atoms with van der Waals surface area (Å²) in [6.07, 6.45) is 1.34. The SMILES string of the molecule is COC(=O)c1ccc(COc2ccc(/C=C3/C(=O)NC(=O)N(c4ccc5c(c4)OCO5)C3=O)cc2OC)o1. The number of fused-ring (bicyclic) bond motifs is 1. The summed E-state index contributed by atoms with van der Waals surface area (Å²) in [5.74, 6) is -0.301. The Morgan fingerprint density at radius 3 is 2.61 bits per heavy atom. The van der Waals surface area contributed by atoms with Crippen molar-refractivity contribution in [1.82, 2.24) is 5.32 Å². The van der Waals surface area contributed by atoms with Gasteiger partial charge in [-0.3, -0.25) is 14.9 Å². The zero-order chi connectivity index (χ0) is 26.8. The fraction of sp³-hybridized carbons (Fsp3) is 0.154. The molecule has 5 rings (SSSR count). The highest BCUT2D eigenvalue weighted by Crippen LogP contribution is 2.36. The van der Waals surface area contributed by atoms with Crippen LogP contribution in [0, 0.1) is 0 Å². The summed E-state index contributed by atoms with van der Waals surface area (Å²) in [6, 6.07) is 11.5. The molecule has 1 saturated heterocycles. The number of imide groups is 2. The standard InChI is InChI=1S/C26H20N2O10/c1-33-21-10-14(3-6-18(21)35-12-16-5-8-20(38-16)25(31)34-2)9-17-23(29)27-26(32)28(24(17)30)15-4-7-19-22(11-15)37-13-36-19/h3-11H,12-13H2,1-2H3,(H,27,29,32)/b17-9-. The number of hydrogen-bond donors (Lipinski definition) is 1. The summed E-state index contributed by atoms with van der Waals surface area (Å²) >= 11 is 0. The van der Waals surface area contributed by atoms with Gasteiger partial charge < -0.3 is 28.1 Å². The van der Waals surface area contributed by atoms with E-state index in [2.05, 4.69) is 10.1 Å². The fourth-order valence-corrected chi connectivity index (χ4v) is 3.79. The summed E-state index contributed by atoms with van der Waals surface area (Å²) in [7, 11) is 2.68. The molecule has 3 heterocycles. The molecule has 0 radical (unpaired) electrons. The number of carbonyl (C=O) groups excluding carboxylic acids is 4. The van der Waals surface area contributed by atoms with Gasteiger partial charge in [-0.1, -0.05) is 6.07 Å². The number of nitrogens with zero attached hydrogens (tertiary/aromatic N) is 1. The maximum absolute atomic E-state index is 13.2. The lowest BCUT2D eigenvalue weighted by Gasteiger charge is -2.26. The van der Waals surface area contributed by atoms with Crippen molar-refractivity contribution in [3.63, 3.8) is 0 Å². The Balaban J connectivity index is 1.36. The number of carbonyl (C=O) groups is 4. The van der Waals surface area contributed by atoms with Gasteiger partial charge in [-0.2, -0.15) is 0 Å². The zero-order valence-corrected chi connectivity index (χ0v) is 20.1. The number of furan rings is 1. The minimum atomic E-state index is -0.884. The highest BCUT2D eigenvalue weighted by atomic mass is 16.7. The van der Waals surface area contributed by atoms with Crippen LogP contribution in [-0.2, 0) is 20.9 Å². The highest BCUT2D eigenvalue weighted by molar-refractivity contribution is 6.39. The first-order valence-electron chi connectivity index (χ1n) is 11.2. The van der Waals surface area contributed by atoms with Crippen molar-refractivity contribution in [1.29, 1.82) is 0 Å². The van der Waals surface area contributed by atoms with Gasteiger partial charge in [0.2, 0.25) is 12.6 Å². The third-order valence-corrected chi connectivity index (χ3v) is 5.63. The predicted octanol–water partition coefficient (Wildman–Crippen LogP) is 3.05. The summed E-state index contributed by atoms with van der Waals surface area (Å²) in [5.41, 5.74) is 0.396. The number of anilines is 1. The van der Waals surface area contributed by atoms with Gasteiger partial charge in [0.15, 0.2) is 23.0 Å². The van der Waals surface area contributed by atoms with E-state index in [0.29, 0.717) is 34.3 Å². The largest absolute Gasteiger partial charge is 0.493 e. The number of nitrogens with one attached hydrogen (secondary N) is 1. The molecule has 12 nitrogen and oxygen atoms in total. The van der Waals surface area contributed by atoms with Crippen molar-refractivity contribution in [2.24, 2.45) is 0 Å². The van der Waals surface area contributed by atoms with E-state index in [9.17, 15) is 19.2 Å². The topological polar surface area (TPSA) is 143 Å². The monoisotopic (exact) mass is 520 g/mol. The van der Waals surface area contributed by atoms with E-state index in [1.54, 1.807) is 30.3 Å². The van der Waals surface area contributed by atoms with Gasteiger partial charge in [0.25, 0.3) is 11.8 Å². The Kier molecular flexibility index (Phi) is 6.44. The minimum absolute atomic E-state index is 0.00128. The van der Waals surface area contributed by atoms with Gasteiger partial charge in [-0.25, -0.2) is 14.5 Å². The molecule has 0 spiro atoms. The Hall–Kier alpha value is -5.26. The van der Waals surface area contributed by atoms with Crippen molar-refractivity contribution >= 4 is 35.6 Å². The average Bonchev–Trinajstić information content (AvgIpc) is 3.59. The molecule has 2 aliphatic rings. The quantitative estimate of drug-likeness (QED) is 0.280. The number of methoxy groups -OCH3 is 2. The Morgan fingerprint density at radius 2 is 1.82 bits per heavy atom. The first-order valence-corrected chi connectivity index (χ1v) is 11.2. The maximum atomic E-state index is 13.2. The van der Waals surface area contributed by atoms with E-state index >= 15 is 0 Å². The second kappa shape index (κ2) is 10.0. The number of hydrogen-bond acceptors (Lipinski definition) is 10. The number of benzene rings is 2. The first kappa shape index (κ1) is 24.4. The Morgan fingerprint density at radius 1 is 1.00 bits per heavy atom. The van der Waals surface area contributed by atoms with Crippen LogP contribution in [0.5, 0.6) is 23.0 Å². The zero-order valence-electron chi connectivity index (χ0n) is 20.1. The number of barbiturate groups is 1. The van der Waals surface area contributed by atoms with E-state index in [1.807, 2.05) is 0 Å². The molecule has 12 heteroatoms. The van der Waals surface area contributed by atoms with E-state index in [4.69, 9.17) is 23.4 Å². The lowest BCUT2D eigenvalue weighted by atomic mass is 10.1. The Bertz CT molecular complexity index is 1490. The molecule has 0 aliphatic carbocycles. The van der Waals surface area contributed by atoms with Crippen molar-refractivity contribution in [3.8, 4) is 23.0 Å². The number of ether oxygens (including phenoxy) is 5. The van der Waals surface area contributed by atoms with E-state index < -0.39 is 23.8 Å². The number of urea groups is 1. The molecule has 1 fully saturated rings. The van der Waals surface area contributed by atoms with Crippen LogP contribution >= 0.6 is 0 Å². The molecule has 38 heavy (non-hydrogen) atoms. The van der Waals surface area contributed by atoms with Gasteiger partial charge in [0, 0.05) is 6.07 Å². The lowest BCUT2D eigenvalue weighted by Crippen LogP contribution is -2.54. The predicted molar refractivity (Wildman–Crippen MR) is 129 cm³/mol. The Labute approximate surface area is 215 Å². The van der Waals surface area contributed by atoms with Crippen LogP contribution in [-0.4, -0.2) is 44.8 Å². The van der Waals surface area contributed by atoms with Gasteiger partial charge in [-0.05, 0) is 48.0 Å². The van der Waals surface area contributed by atoms with Crippen LogP contribution in [0.1, 0.15) is 21.9 Å².